The Kier molecular flexibility index (Phi) is 4.06. The van der Waals surface area contributed by atoms with E-state index in [1.165, 1.54) is 0 Å². The van der Waals surface area contributed by atoms with E-state index in [4.69, 9.17) is 23.0 Å². The molecule has 0 aromatic carbocycles. The van der Waals surface area contributed by atoms with Crippen molar-refractivity contribution >= 4 is 0 Å². The van der Waals surface area contributed by atoms with Gasteiger partial charge < -0.3 is 16.6 Å². The summed E-state index contributed by atoms with van der Waals surface area (Å²) in [6.07, 6.45) is 5.43. The number of rotatable bonds is 3. The summed E-state index contributed by atoms with van der Waals surface area (Å²) in [5.41, 5.74) is 10.7. The second-order valence-corrected chi connectivity index (χ2v) is 1.87. The number of hydrogen-bond donors (Lipinski definition) is 3. The molecular formula is C6H12N2O. The zero-order valence-electron chi connectivity index (χ0n) is 5.25. The summed E-state index contributed by atoms with van der Waals surface area (Å²) < 4.78 is 0. The van der Waals surface area contributed by atoms with Crippen LogP contribution in [0.5, 0.6) is 0 Å². The minimum absolute atomic E-state index is 0.0382. The molecule has 52 valence electrons. The second-order valence-electron chi connectivity index (χ2n) is 1.87. The van der Waals surface area contributed by atoms with Crippen LogP contribution in [0.3, 0.4) is 0 Å². The van der Waals surface area contributed by atoms with E-state index in [1.807, 2.05) is 0 Å². The first-order chi connectivity index (χ1) is 4.22. The van der Waals surface area contributed by atoms with Crippen molar-refractivity contribution in [3.8, 4) is 12.3 Å². The van der Waals surface area contributed by atoms with Gasteiger partial charge in [-0.25, -0.2) is 0 Å². The van der Waals surface area contributed by atoms with Gasteiger partial charge in [-0.1, -0.05) is 5.92 Å². The molecule has 2 unspecified atom stereocenters. The fourth-order valence-corrected chi connectivity index (χ4v) is 0.452. The summed E-state index contributed by atoms with van der Waals surface area (Å²) in [5, 5.41) is 8.38. The smallest absolute Gasteiger partial charge is 0.0816 e. The van der Waals surface area contributed by atoms with Crippen LogP contribution >= 0.6 is 0 Å². The molecule has 0 fully saturated rings. The van der Waals surface area contributed by atoms with E-state index < -0.39 is 6.04 Å². The minimum Gasteiger partial charge on any atom is -0.396 e. The predicted octanol–water partition coefficient (Wildman–Crippen LogP) is -1.34. The predicted molar refractivity (Wildman–Crippen MR) is 36.5 cm³/mol. The SMILES string of the molecule is C#CC(N)C(N)CCO. The Hall–Kier alpha value is -0.560. The topological polar surface area (TPSA) is 72.3 Å². The zero-order chi connectivity index (χ0) is 7.28. The van der Waals surface area contributed by atoms with Gasteiger partial charge >= 0.3 is 0 Å². The Bertz CT molecular complexity index is 108. The van der Waals surface area contributed by atoms with Crippen LogP contribution in [0.4, 0.5) is 0 Å². The normalized spacial score (nSPS) is 16.2. The molecule has 0 bridgehead atoms. The first-order valence-corrected chi connectivity index (χ1v) is 2.80. The van der Waals surface area contributed by atoms with E-state index in [9.17, 15) is 0 Å². The van der Waals surface area contributed by atoms with Gasteiger partial charge in [0.2, 0.25) is 0 Å². The van der Waals surface area contributed by atoms with Gasteiger partial charge in [-0.05, 0) is 6.42 Å². The molecule has 3 heteroatoms. The van der Waals surface area contributed by atoms with Gasteiger partial charge in [0.25, 0.3) is 0 Å². The fraction of sp³-hybridized carbons (Fsp3) is 0.667. The summed E-state index contributed by atoms with van der Waals surface area (Å²) in [4.78, 5) is 0. The molecule has 0 aliphatic carbocycles. The fourth-order valence-electron chi connectivity index (χ4n) is 0.452. The summed E-state index contributed by atoms with van der Waals surface area (Å²) in [7, 11) is 0. The van der Waals surface area contributed by atoms with Crippen LogP contribution in [-0.4, -0.2) is 23.8 Å². The number of nitrogens with two attached hydrogens (primary N) is 2. The monoisotopic (exact) mass is 128 g/mol. The number of hydrogen-bond acceptors (Lipinski definition) is 3. The molecule has 9 heavy (non-hydrogen) atoms. The molecule has 0 aromatic rings. The van der Waals surface area contributed by atoms with Crippen molar-refractivity contribution in [3.05, 3.63) is 0 Å². The highest BCUT2D eigenvalue weighted by atomic mass is 16.3. The third kappa shape index (κ3) is 3.09. The standard InChI is InChI=1S/C6H12N2O/c1-2-5(7)6(8)3-4-9/h1,5-6,9H,3-4,7-8H2. The molecule has 0 amide bonds. The maximum absolute atomic E-state index is 8.38. The van der Waals surface area contributed by atoms with E-state index in [2.05, 4.69) is 5.92 Å². The molecule has 0 saturated carbocycles. The van der Waals surface area contributed by atoms with E-state index in [0.717, 1.165) is 0 Å². The summed E-state index contributed by atoms with van der Waals surface area (Å²) in [6, 6.07) is -0.711. The Morgan fingerprint density at radius 1 is 1.56 bits per heavy atom. The van der Waals surface area contributed by atoms with Crippen LogP contribution in [0.1, 0.15) is 6.42 Å². The van der Waals surface area contributed by atoms with Crippen LogP contribution in [-0.2, 0) is 0 Å². The summed E-state index contributed by atoms with van der Waals surface area (Å²) in [5.74, 6) is 2.29. The molecule has 0 rings (SSSR count). The largest absolute Gasteiger partial charge is 0.396 e. The molecule has 2 atom stereocenters. The number of terminal acetylenes is 1. The lowest BCUT2D eigenvalue weighted by Gasteiger charge is -2.11. The number of aliphatic hydroxyl groups excluding tert-OH is 1. The van der Waals surface area contributed by atoms with Crippen molar-refractivity contribution in [3.63, 3.8) is 0 Å². The van der Waals surface area contributed by atoms with Crippen LogP contribution in [0.2, 0.25) is 0 Å². The third-order valence-corrected chi connectivity index (χ3v) is 1.12. The maximum atomic E-state index is 8.38. The Balaban J connectivity index is 3.48. The van der Waals surface area contributed by atoms with Gasteiger partial charge in [0.1, 0.15) is 0 Å². The van der Waals surface area contributed by atoms with E-state index in [1.54, 1.807) is 0 Å². The third-order valence-electron chi connectivity index (χ3n) is 1.12. The second kappa shape index (κ2) is 4.33. The molecular weight excluding hydrogens is 116 g/mol. The van der Waals surface area contributed by atoms with E-state index in [0.29, 0.717) is 6.42 Å². The van der Waals surface area contributed by atoms with Crippen LogP contribution < -0.4 is 11.5 Å². The van der Waals surface area contributed by atoms with Crippen molar-refractivity contribution in [2.75, 3.05) is 6.61 Å². The molecule has 0 aromatic heterocycles. The first-order valence-electron chi connectivity index (χ1n) is 2.80. The molecule has 3 nitrogen and oxygen atoms in total. The zero-order valence-corrected chi connectivity index (χ0v) is 5.25. The van der Waals surface area contributed by atoms with Gasteiger partial charge in [0.15, 0.2) is 0 Å². The van der Waals surface area contributed by atoms with Crippen LogP contribution in [0.15, 0.2) is 0 Å². The highest BCUT2D eigenvalue weighted by molar-refractivity contribution is 5.01. The summed E-state index contributed by atoms with van der Waals surface area (Å²) >= 11 is 0. The lowest BCUT2D eigenvalue weighted by atomic mass is 10.1. The van der Waals surface area contributed by atoms with Crippen molar-refractivity contribution in [2.45, 2.75) is 18.5 Å². The van der Waals surface area contributed by atoms with Gasteiger partial charge in [-0.15, -0.1) is 6.42 Å². The molecule has 0 radical (unpaired) electrons. The Morgan fingerprint density at radius 2 is 2.11 bits per heavy atom. The molecule has 5 N–H and O–H groups in total. The molecule has 0 spiro atoms. The number of aliphatic hydroxyl groups is 1. The highest BCUT2D eigenvalue weighted by Gasteiger charge is 2.07. The highest BCUT2D eigenvalue weighted by Crippen LogP contribution is 1.89. The van der Waals surface area contributed by atoms with E-state index >= 15 is 0 Å². The van der Waals surface area contributed by atoms with Crippen molar-refractivity contribution < 1.29 is 5.11 Å². The molecule has 0 aliphatic rings. The molecule has 0 heterocycles. The van der Waals surface area contributed by atoms with Gasteiger partial charge in [-0.3, -0.25) is 0 Å². The lowest BCUT2D eigenvalue weighted by molar-refractivity contribution is 0.273. The van der Waals surface area contributed by atoms with Crippen molar-refractivity contribution in [1.29, 1.82) is 0 Å². The molecule has 0 saturated heterocycles. The van der Waals surface area contributed by atoms with Crippen molar-refractivity contribution in [2.24, 2.45) is 11.5 Å². The summed E-state index contributed by atoms with van der Waals surface area (Å²) in [6.45, 7) is 0.0382. The Morgan fingerprint density at radius 3 is 2.44 bits per heavy atom. The molecule has 0 aliphatic heterocycles. The average molecular weight is 128 g/mol. The van der Waals surface area contributed by atoms with E-state index in [-0.39, 0.29) is 12.6 Å². The maximum Gasteiger partial charge on any atom is 0.0816 e. The van der Waals surface area contributed by atoms with Crippen LogP contribution in [0, 0.1) is 12.3 Å². The average Bonchev–Trinajstić information content (AvgIpc) is 1.87. The minimum atomic E-state index is -0.433. The first kappa shape index (κ1) is 8.44. The Labute approximate surface area is 55.0 Å². The van der Waals surface area contributed by atoms with Crippen molar-refractivity contribution in [1.82, 2.24) is 0 Å². The lowest BCUT2D eigenvalue weighted by Crippen LogP contribution is -2.40. The quantitative estimate of drug-likeness (QED) is 0.412. The van der Waals surface area contributed by atoms with Gasteiger partial charge in [0, 0.05) is 12.6 Å². The van der Waals surface area contributed by atoms with Gasteiger partial charge in [0.05, 0.1) is 6.04 Å². The van der Waals surface area contributed by atoms with Gasteiger partial charge in [-0.2, -0.15) is 0 Å². The van der Waals surface area contributed by atoms with Crippen LogP contribution in [0.25, 0.3) is 0 Å².